The summed E-state index contributed by atoms with van der Waals surface area (Å²) in [5.41, 5.74) is 5.59. The summed E-state index contributed by atoms with van der Waals surface area (Å²) in [6.45, 7) is 0.627. The first-order valence-corrected chi connectivity index (χ1v) is 7.32. The van der Waals surface area contributed by atoms with E-state index in [2.05, 4.69) is 0 Å². The van der Waals surface area contributed by atoms with Crippen LogP contribution in [0, 0.1) is 5.82 Å². The lowest BCUT2D eigenvalue weighted by molar-refractivity contribution is 0.189. The van der Waals surface area contributed by atoms with Crippen LogP contribution in [-0.2, 0) is 14.8 Å². The minimum atomic E-state index is -3.96. The zero-order valence-corrected chi connectivity index (χ0v) is 12.3. The summed E-state index contributed by atoms with van der Waals surface area (Å²) in [6, 6.07) is 2.23. The number of anilines is 1. The van der Waals surface area contributed by atoms with E-state index in [-0.39, 0.29) is 17.3 Å². The molecule has 0 aliphatic rings. The van der Waals surface area contributed by atoms with Gasteiger partial charge in [-0.3, -0.25) is 0 Å². The smallest absolute Gasteiger partial charge is 0.245 e. The van der Waals surface area contributed by atoms with Gasteiger partial charge in [-0.15, -0.1) is 0 Å². The molecule has 0 aliphatic heterocycles. The summed E-state index contributed by atoms with van der Waals surface area (Å²) in [7, 11) is -1.07. The standard InChI is InChI=1S/C11H16ClFN2O3S/c1-15(4-3-5-18-2)19(16,17)10-7-8(14)6-9(12)11(10)13/h6-7H,3-5,14H2,1-2H3. The van der Waals surface area contributed by atoms with Gasteiger partial charge < -0.3 is 10.5 Å². The zero-order chi connectivity index (χ0) is 14.6. The van der Waals surface area contributed by atoms with Gasteiger partial charge in [0.1, 0.15) is 4.90 Å². The highest BCUT2D eigenvalue weighted by Gasteiger charge is 2.26. The molecule has 19 heavy (non-hydrogen) atoms. The molecular weight excluding hydrogens is 295 g/mol. The van der Waals surface area contributed by atoms with Crippen LogP contribution in [0.2, 0.25) is 5.02 Å². The predicted molar refractivity (Wildman–Crippen MR) is 72.1 cm³/mol. The summed E-state index contributed by atoms with van der Waals surface area (Å²) < 4.78 is 44.1. The van der Waals surface area contributed by atoms with E-state index < -0.39 is 20.7 Å². The molecule has 8 heteroatoms. The largest absolute Gasteiger partial charge is 0.399 e. The molecule has 0 amide bonds. The lowest BCUT2D eigenvalue weighted by Crippen LogP contribution is -2.29. The first-order chi connectivity index (χ1) is 8.80. The first-order valence-electron chi connectivity index (χ1n) is 5.50. The van der Waals surface area contributed by atoms with Crippen molar-refractivity contribution in [1.29, 1.82) is 0 Å². The van der Waals surface area contributed by atoms with Crippen molar-refractivity contribution >= 4 is 27.3 Å². The fraction of sp³-hybridized carbons (Fsp3) is 0.455. The molecule has 0 aliphatic carbocycles. The fourth-order valence-corrected chi connectivity index (χ4v) is 3.10. The molecule has 2 N–H and O–H groups in total. The zero-order valence-electron chi connectivity index (χ0n) is 10.7. The van der Waals surface area contributed by atoms with Crippen LogP contribution >= 0.6 is 11.6 Å². The number of halogens is 2. The number of hydrogen-bond donors (Lipinski definition) is 1. The molecule has 0 aromatic heterocycles. The highest BCUT2D eigenvalue weighted by atomic mass is 35.5. The average molecular weight is 311 g/mol. The molecule has 1 rings (SSSR count). The van der Waals surface area contributed by atoms with E-state index in [0.717, 1.165) is 10.4 Å². The second kappa shape index (κ2) is 6.51. The highest BCUT2D eigenvalue weighted by Crippen LogP contribution is 2.27. The summed E-state index contributed by atoms with van der Waals surface area (Å²) in [5.74, 6) is -0.991. The third kappa shape index (κ3) is 3.79. The maximum absolute atomic E-state index is 13.8. The molecule has 0 radical (unpaired) electrons. The van der Waals surface area contributed by atoms with Crippen LogP contribution < -0.4 is 5.73 Å². The van der Waals surface area contributed by atoms with Crippen molar-refractivity contribution in [3.8, 4) is 0 Å². The molecule has 5 nitrogen and oxygen atoms in total. The molecule has 0 spiro atoms. The predicted octanol–water partition coefficient (Wildman–Crippen LogP) is 1.72. The molecule has 0 saturated heterocycles. The number of benzene rings is 1. The number of nitrogens with zero attached hydrogens (tertiary/aromatic N) is 1. The Labute approximate surface area is 117 Å². The normalized spacial score (nSPS) is 12.1. The maximum atomic E-state index is 13.8. The average Bonchev–Trinajstić information content (AvgIpc) is 2.33. The van der Waals surface area contributed by atoms with Crippen molar-refractivity contribution in [2.75, 3.05) is 33.0 Å². The Hall–Kier alpha value is -0.890. The Bertz CT molecular complexity index is 551. The second-order valence-corrected chi connectivity index (χ2v) is 6.41. The number of ether oxygens (including phenoxy) is 1. The summed E-state index contributed by atoms with van der Waals surface area (Å²) in [5, 5.41) is -0.316. The van der Waals surface area contributed by atoms with Crippen LogP contribution in [0.15, 0.2) is 17.0 Å². The molecule has 0 atom stereocenters. The van der Waals surface area contributed by atoms with E-state index in [1.165, 1.54) is 20.2 Å². The van der Waals surface area contributed by atoms with Gasteiger partial charge in [0.15, 0.2) is 5.82 Å². The van der Waals surface area contributed by atoms with Crippen LogP contribution in [0.4, 0.5) is 10.1 Å². The number of sulfonamides is 1. The number of rotatable bonds is 6. The number of methoxy groups -OCH3 is 1. The van der Waals surface area contributed by atoms with Gasteiger partial charge >= 0.3 is 0 Å². The maximum Gasteiger partial charge on any atom is 0.245 e. The van der Waals surface area contributed by atoms with Gasteiger partial charge in [-0.2, -0.15) is 0 Å². The molecular formula is C11H16ClFN2O3S. The topological polar surface area (TPSA) is 72.6 Å². The lowest BCUT2D eigenvalue weighted by Gasteiger charge is -2.18. The van der Waals surface area contributed by atoms with Gasteiger partial charge in [0.2, 0.25) is 10.0 Å². The van der Waals surface area contributed by atoms with E-state index in [1.807, 2.05) is 0 Å². The third-order valence-electron chi connectivity index (χ3n) is 2.53. The van der Waals surface area contributed by atoms with Crippen LogP contribution in [0.3, 0.4) is 0 Å². The van der Waals surface area contributed by atoms with Gasteiger partial charge in [0.25, 0.3) is 0 Å². The molecule has 0 fully saturated rings. The summed E-state index contributed by atoms with van der Waals surface area (Å²) >= 11 is 5.60. The van der Waals surface area contributed by atoms with Crippen LogP contribution in [0.1, 0.15) is 6.42 Å². The van der Waals surface area contributed by atoms with Crippen molar-refractivity contribution in [3.05, 3.63) is 23.0 Å². The monoisotopic (exact) mass is 310 g/mol. The van der Waals surface area contributed by atoms with Crippen molar-refractivity contribution in [1.82, 2.24) is 4.31 Å². The van der Waals surface area contributed by atoms with Gasteiger partial charge in [-0.1, -0.05) is 11.6 Å². The summed E-state index contributed by atoms with van der Waals surface area (Å²) in [6.07, 6.45) is 0.504. The van der Waals surface area contributed by atoms with Gasteiger partial charge in [0.05, 0.1) is 5.02 Å². The van der Waals surface area contributed by atoms with Crippen LogP contribution in [0.5, 0.6) is 0 Å². The molecule has 0 heterocycles. The lowest BCUT2D eigenvalue weighted by atomic mass is 10.3. The second-order valence-electron chi connectivity index (χ2n) is 3.99. The molecule has 0 saturated carbocycles. The molecule has 1 aromatic carbocycles. The quantitative estimate of drug-likeness (QED) is 0.641. The van der Waals surface area contributed by atoms with Crippen molar-refractivity contribution < 1.29 is 17.5 Å². The summed E-state index contributed by atoms with van der Waals surface area (Å²) in [4.78, 5) is -0.516. The minimum Gasteiger partial charge on any atom is -0.399 e. The molecule has 0 bridgehead atoms. The minimum absolute atomic E-state index is 0.0928. The Balaban J connectivity index is 3.06. The van der Waals surface area contributed by atoms with Gasteiger partial charge in [-0.05, 0) is 18.6 Å². The molecule has 108 valence electrons. The third-order valence-corrected chi connectivity index (χ3v) is 4.66. The Morgan fingerprint density at radius 1 is 1.47 bits per heavy atom. The Kier molecular flexibility index (Phi) is 5.54. The van der Waals surface area contributed by atoms with Crippen molar-refractivity contribution in [2.24, 2.45) is 0 Å². The van der Waals surface area contributed by atoms with Gasteiger partial charge in [-0.25, -0.2) is 17.1 Å². The van der Waals surface area contributed by atoms with Crippen molar-refractivity contribution in [3.63, 3.8) is 0 Å². The van der Waals surface area contributed by atoms with E-state index in [4.69, 9.17) is 22.1 Å². The van der Waals surface area contributed by atoms with Crippen LogP contribution in [0.25, 0.3) is 0 Å². The first kappa shape index (κ1) is 16.2. The number of nitrogen functional groups attached to an aromatic ring is 1. The molecule has 1 aromatic rings. The van der Waals surface area contributed by atoms with E-state index >= 15 is 0 Å². The highest BCUT2D eigenvalue weighted by molar-refractivity contribution is 7.89. The van der Waals surface area contributed by atoms with Crippen molar-refractivity contribution in [2.45, 2.75) is 11.3 Å². The number of hydrogen-bond acceptors (Lipinski definition) is 4. The Morgan fingerprint density at radius 3 is 2.68 bits per heavy atom. The fourth-order valence-electron chi connectivity index (χ4n) is 1.49. The van der Waals surface area contributed by atoms with E-state index in [1.54, 1.807) is 0 Å². The van der Waals surface area contributed by atoms with Crippen LogP contribution in [-0.4, -0.2) is 40.0 Å². The van der Waals surface area contributed by atoms with E-state index in [0.29, 0.717) is 13.0 Å². The van der Waals surface area contributed by atoms with Gasteiger partial charge in [0, 0.05) is 33.0 Å². The SMILES string of the molecule is COCCCN(C)S(=O)(=O)c1cc(N)cc(Cl)c1F. The van der Waals surface area contributed by atoms with E-state index in [9.17, 15) is 12.8 Å². The number of nitrogens with two attached hydrogens (primary N) is 1. The molecule has 0 unspecified atom stereocenters. The Morgan fingerprint density at radius 2 is 2.11 bits per heavy atom.